The molecule has 74 valence electrons. The van der Waals surface area contributed by atoms with E-state index in [1.54, 1.807) is 4.57 Å². The Bertz CT molecular complexity index is 517. The van der Waals surface area contributed by atoms with Crippen molar-refractivity contribution >= 4 is 5.52 Å². The molecule has 0 unspecified atom stereocenters. The van der Waals surface area contributed by atoms with Gasteiger partial charge in [0.25, 0.3) is 5.56 Å². The third-order valence-electron chi connectivity index (χ3n) is 2.07. The molecule has 2 aromatic rings. The van der Waals surface area contributed by atoms with Gasteiger partial charge in [-0.3, -0.25) is 9.36 Å². The van der Waals surface area contributed by atoms with Crippen LogP contribution in [0.15, 0.2) is 23.6 Å². The Kier molecular flexibility index (Phi) is 1.70. The summed E-state index contributed by atoms with van der Waals surface area (Å²) in [6.07, 6.45) is 4.58. The van der Waals surface area contributed by atoms with E-state index in [9.17, 15) is 4.79 Å². The molecule has 2 heterocycles. The molecule has 2 rings (SSSR count). The summed E-state index contributed by atoms with van der Waals surface area (Å²) in [6.45, 7) is 5.88. The summed E-state index contributed by atoms with van der Waals surface area (Å²) >= 11 is 0. The quantitative estimate of drug-likeness (QED) is 0.615. The molecule has 0 bridgehead atoms. The zero-order valence-corrected chi connectivity index (χ0v) is 8.43. The normalized spacial score (nSPS) is 12.2. The van der Waals surface area contributed by atoms with Gasteiger partial charge in [0, 0.05) is 5.54 Å². The van der Waals surface area contributed by atoms with Crippen LogP contribution in [0.3, 0.4) is 0 Å². The molecule has 5 heteroatoms. The number of hydrogen-bond donors (Lipinski definition) is 0. The fourth-order valence-corrected chi connectivity index (χ4v) is 1.29. The molecule has 2 aromatic heterocycles. The van der Waals surface area contributed by atoms with Crippen molar-refractivity contribution in [2.24, 2.45) is 0 Å². The predicted octanol–water partition coefficient (Wildman–Crippen LogP) is 0.646. The Hall–Kier alpha value is -1.65. The maximum Gasteiger partial charge on any atom is 0.279 e. The second kappa shape index (κ2) is 2.67. The van der Waals surface area contributed by atoms with Crippen LogP contribution in [-0.2, 0) is 5.54 Å². The molecule has 0 spiro atoms. The first-order valence-corrected chi connectivity index (χ1v) is 4.40. The highest BCUT2D eigenvalue weighted by Gasteiger charge is 2.16. The number of rotatable bonds is 0. The Morgan fingerprint density at radius 2 is 2.00 bits per heavy atom. The largest absolute Gasteiger partial charge is 0.291 e. The van der Waals surface area contributed by atoms with Crippen LogP contribution in [-0.4, -0.2) is 19.2 Å². The van der Waals surface area contributed by atoms with E-state index < -0.39 is 0 Å². The van der Waals surface area contributed by atoms with Gasteiger partial charge < -0.3 is 0 Å². The lowest BCUT2D eigenvalue weighted by Gasteiger charge is -2.21. The van der Waals surface area contributed by atoms with Gasteiger partial charge in [-0.25, -0.2) is 9.50 Å². The summed E-state index contributed by atoms with van der Waals surface area (Å²) in [6, 6.07) is 0. The minimum atomic E-state index is -0.254. The smallest absolute Gasteiger partial charge is 0.279 e. The van der Waals surface area contributed by atoms with Crippen LogP contribution in [0.5, 0.6) is 0 Å². The lowest BCUT2D eigenvalue weighted by Crippen LogP contribution is -2.34. The van der Waals surface area contributed by atoms with E-state index >= 15 is 0 Å². The van der Waals surface area contributed by atoms with Gasteiger partial charge in [0.2, 0.25) is 0 Å². The van der Waals surface area contributed by atoms with E-state index in [4.69, 9.17) is 0 Å². The second-order valence-corrected chi connectivity index (χ2v) is 4.20. The number of fused-ring (bicyclic) bond motifs is 1. The van der Waals surface area contributed by atoms with Gasteiger partial charge in [-0.2, -0.15) is 5.10 Å². The topological polar surface area (TPSA) is 52.2 Å². The van der Waals surface area contributed by atoms with Crippen molar-refractivity contribution in [3.05, 3.63) is 29.2 Å². The second-order valence-electron chi connectivity index (χ2n) is 4.20. The monoisotopic (exact) mass is 192 g/mol. The number of aromatic nitrogens is 4. The lowest BCUT2D eigenvalue weighted by molar-refractivity contribution is 0.376. The standard InChI is InChI=1S/C9H12N4O/c1-9(2,3)12-6-11-13-5-10-4-7(13)8(12)14/h4-6H,1-3H3. The van der Waals surface area contributed by atoms with Gasteiger partial charge >= 0.3 is 0 Å². The van der Waals surface area contributed by atoms with Gasteiger partial charge in [-0.05, 0) is 20.8 Å². The van der Waals surface area contributed by atoms with Crippen LogP contribution >= 0.6 is 0 Å². The van der Waals surface area contributed by atoms with Crippen LogP contribution in [0, 0.1) is 0 Å². The van der Waals surface area contributed by atoms with Crippen molar-refractivity contribution in [3.63, 3.8) is 0 Å². The van der Waals surface area contributed by atoms with Crippen LogP contribution < -0.4 is 5.56 Å². The molecule has 5 nitrogen and oxygen atoms in total. The summed E-state index contributed by atoms with van der Waals surface area (Å²) < 4.78 is 3.08. The van der Waals surface area contributed by atoms with Crippen molar-refractivity contribution in [1.82, 2.24) is 19.2 Å². The fraction of sp³-hybridized carbons (Fsp3) is 0.444. The first-order chi connectivity index (χ1) is 6.50. The van der Waals surface area contributed by atoms with Gasteiger partial charge in [-0.15, -0.1) is 0 Å². The summed E-state index contributed by atoms with van der Waals surface area (Å²) in [5.74, 6) is 0. The molecule has 0 aliphatic rings. The average Bonchev–Trinajstić information content (AvgIpc) is 2.50. The van der Waals surface area contributed by atoms with Gasteiger partial charge in [0.15, 0.2) is 0 Å². The molecule has 0 saturated carbocycles. The van der Waals surface area contributed by atoms with E-state index in [-0.39, 0.29) is 11.1 Å². The van der Waals surface area contributed by atoms with Crippen molar-refractivity contribution in [3.8, 4) is 0 Å². The Morgan fingerprint density at radius 1 is 1.29 bits per heavy atom. The van der Waals surface area contributed by atoms with Crippen LogP contribution in [0.2, 0.25) is 0 Å². The third-order valence-corrected chi connectivity index (χ3v) is 2.07. The highest BCUT2D eigenvalue weighted by molar-refractivity contribution is 5.40. The van der Waals surface area contributed by atoms with Gasteiger partial charge in [-0.1, -0.05) is 0 Å². The Labute approximate surface area is 81.0 Å². The average molecular weight is 192 g/mol. The highest BCUT2D eigenvalue weighted by atomic mass is 16.1. The molecule has 0 amide bonds. The van der Waals surface area contributed by atoms with E-state index in [0.717, 1.165) is 0 Å². The van der Waals surface area contributed by atoms with Crippen LogP contribution in [0.25, 0.3) is 5.52 Å². The van der Waals surface area contributed by atoms with E-state index in [1.165, 1.54) is 23.4 Å². The Balaban J connectivity index is 2.81. The first-order valence-electron chi connectivity index (χ1n) is 4.40. The van der Waals surface area contributed by atoms with Crippen LogP contribution in [0.4, 0.5) is 0 Å². The third kappa shape index (κ3) is 1.21. The first kappa shape index (κ1) is 8.93. The van der Waals surface area contributed by atoms with E-state index in [0.29, 0.717) is 5.52 Å². The minimum absolute atomic E-state index is 0.0648. The predicted molar refractivity (Wildman–Crippen MR) is 52.2 cm³/mol. The lowest BCUT2D eigenvalue weighted by atomic mass is 10.1. The summed E-state index contributed by atoms with van der Waals surface area (Å²) in [7, 11) is 0. The maximum atomic E-state index is 11.9. The molecule has 0 aliphatic heterocycles. The fourth-order valence-electron chi connectivity index (χ4n) is 1.29. The molecule has 0 saturated heterocycles. The highest BCUT2D eigenvalue weighted by Crippen LogP contribution is 2.09. The molecular weight excluding hydrogens is 180 g/mol. The number of imidazole rings is 1. The summed E-state index contributed by atoms with van der Waals surface area (Å²) in [5.41, 5.74) is 0.184. The zero-order valence-electron chi connectivity index (χ0n) is 8.43. The van der Waals surface area contributed by atoms with E-state index in [1.807, 2.05) is 20.8 Å². The summed E-state index contributed by atoms with van der Waals surface area (Å²) in [5, 5.41) is 4.09. The summed E-state index contributed by atoms with van der Waals surface area (Å²) in [4.78, 5) is 15.8. The molecule has 0 aliphatic carbocycles. The molecular formula is C9H12N4O. The Morgan fingerprint density at radius 3 is 2.64 bits per heavy atom. The molecule has 0 radical (unpaired) electrons. The molecule has 0 aromatic carbocycles. The van der Waals surface area contributed by atoms with Crippen molar-refractivity contribution < 1.29 is 0 Å². The maximum absolute atomic E-state index is 11.9. The minimum Gasteiger partial charge on any atom is -0.291 e. The molecule has 0 fully saturated rings. The van der Waals surface area contributed by atoms with Gasteiger partial charge in [0.05, 0.1) is 6.20 Å². The molecule has 0 atom stereocenters. The number of nitrogens with zero attached hydrogens (tertiary/aromatic N) is 4. The SMILES string of the molecule is CC(C)(C)n1cnn2cncc2c1=O. The van der Waals surface area contributed by atoms with Crippen molar-refractivity contribution in [2.75, 3.05) is 0 Å². The van der Waals surface area contributed by atoms with Crippen LogP contribution in [0.1, 0.15) is 20.8 Å². The zero-order chi connectivity index (χ0) is 10.3. The van der Waals surface area contributed by atoms with Crippen molar-refractivity contribution in [1.29, 1.82) is 0 Å². The van der Waals surface area contributed by atoms with E-state index in [2.05, 4.69) is 10.1 Å². The molecule has 0 N–H and O–H groups in total. The number of hydrogen-bond acceptors (Lipinski definition) is 3. The van der Waals surface area contributed by atoms with Gasteiger partial charge in [0.1, 0.15) is 18.2 Å². The van der Waals surface area contributed by atoms with Crippen molar-refractivity contribution in [2.45, 2.75) is 26.3 Å². The molecule has 14 heavy (non-hydrogen) atoms.